The van der Waals surface area contributed by atoms with Crippen LogP contribution in [0.25, 0.3) is 6.08 Å². The van der Waals surface area contributed by atoms with Gasteiger partial charge in [-0.2, -0.15) is 0 Å². The van der Waals surface area contributed by atoms with Crippen molar-refractivity contribution in [2.24, 2.45) is 5.73 Å². The van der Waals surface area contributed by atoms with Gasteiger partial charge in [0.25, 0.3) is 0 Å². The highest BCUT2D eigenvalue weighted by atomic mass is 16.4. The van der Waals surface area contributed by atoms with Crippen molar-refractivity contribution in [3.05, 3.63) is 23.9 Å². The Balaban J connectivity index is 3.01. The predicted octanol–water partition coefficient (Wildman–Crippen LogP) is 1.68. The lowest BCUT2D eigenvalue weighted by molar-refractivity contribution is 0.195. The SMILES string of the molecule is CCCCc1ncc(C=CN)n1C(=O)O. The lowest BCUT2D eigenvalue weighted by Crippen LogP contribution is -2.13. The number of carboxylic acid groups (broad SMARTS) is 1. The Morgan fingerprint density at radius 3 is 3.00 bits per heavy atom. The summed E-state index contributed by atoms with van der Waals surface area (Å²) >= 11 is 0. The minimum absolute atomic E-state index is 0.496. The van der Waals surface area contributed by atoms with Gasteiger partial charge in [0, 0.05) is 6.42 Å². The van der Waals surface area contributed by atoms with Crippen LogP contribution in [0, 0.1) is 0 Å². The molecule has 0 fully saturated rings. The molecule has 0 spiro atoms. The maximum absolute atomic E-state index is 11.0. The van der Waals surface area contributed by atoms with Crippen LogP contribution < -0.4 is 5.73 Å². The largest absolute Gasteiger partial charge is 0.464 e. The van der Waals surface area contributed by atoms with Gasteiger partial charge in [-0.05, 0) is 18.7 Å². The van der Waals surface area contributed by atoms with E-state index in [4.69, 9.17) is 10.8 Å². The fourth-order valence-electron chi connectivity index (χ4n) is 1.35. The number of carbonyl (C=O) groups is 1. The first-order chi connectivity index (χ1) is 7.20. The molecule has 3 N–H and O–H groups in total. The molecule has 0 saturated carbocycles. The first-order valence-corrected chi connectivity index (χ1v) is 4.89. The van der Waals surface area contributed by atoms with Crippen LogP contribution in [0.1, 0.15) is 31.3 Å². The average Bonchev–Trinajstić information content (AvgIpc) is 2.58. The summed E-state index contributed by atoms with van der Waals surface area (Å²) in [6.45, 7) is 2.05. The van der Waals surface area contributed by atoms with Crippen molar-refractivity contribution in [2.45, 2.75) is 26.2 Å². The van der Waals surface area contributed by atoms with Gasteiger partial charge in [-0.25, -0.2) is 14.3 Å². The van der Waals surface area contributed by atoms with Gasteiger partial charge in [0.1, 0.15) is 5.82 Å². The second kappa shape index (κ2) is 5.19. The fraction of sp³-hybridized carbons (Fsp3) is 0.400. The lowest BCUT2D eigenvalue weighted by atomic mass is 10.2. The minimum atomic E-state index is -1.02. The zero-order chi connectivity index (χ0) is 11.3. The Hall–Kier alpha value is -1.78. The molecule has 0 radical (unpaired) electrons. The molecule has 5 nitrogen and oxygen atoms in total. The molecule has 0 aliphatic carbocycles. The Morgan fingerprint density at radius 2 is 2.47 bits per heavy atom. The summed E-state index contributed by atoms with van der Waals surface area (Å²) in [6.07, 6.45) is 5.93. The first kappa shape index (κ1) is 11.3. The van der Waals surface area contributed by atoms with Crippen molar-refractivity contribution in [2.75, 3.05) is 0 Å². The smallest absolute Gasteiger partial charge is 0.417 e. The Kier molecular flexibility index (Phi) is 3.91. The molecule has 0 atom stereocenters. The van der Waals surface area contributed by atoms with Gasteiger partial charge in [-0.3, -0.25) is 0 Å². The number of imidazole rings is 1. The van der Waals surface area contributed by atoms with Crippen LogP contribution in [-0.2, 0) is 6.42 Å². The van der Waals surface area contributed by atoms with Crippen molar-refractivity contribution < 1.29 is 9.90 Å². The molecule has 0 aromatic carbocycles. The molecule has 5 heteroatoms. The van der Waals surface area contributed by atoms with Crippen LogP contribution in [0.3, 0.4) is 0 Å². The van der Waals surface area contributed by atoms with Crippen molar-refractivity contribution in [1.29, 1.82) is 0 Å². The molecule has 1 heterocycles. The Bertz CT molecular complexity index is 369. The number of unbranched alkanes of at least 4 members (excludes halogenated alkanes) is 1. The summed E-state index contributed by atoms with van der Waals surface area (Å²) < 4.78 is 1.17. The first-order valence-electron chi connectivity index (χ1n) is 4.89. The summed E-state index contributed by atoms with van der Waals surface area (Å²) in [7, 11) is 0. The van der Waals surface area contributed by atoms with Crippen LogP contribution in [0.15, 0.2) is 12.4 Å². The maximum atomic E-state index is 11.0. The second-order valence-corrected chi connectivity index (χ2v) is 3.18. The van der Waals surface area contributed by atoms with E-state index in [9.17, 15) is 4.79 Å². The van der Waals surface area contributed by atoms with E-state index in [1.807, 2.05) is 0 Å². The molecule has 1 rings (SSSR count). The van der Waals surface area contributed by atoms with Crippen molar-refractivity contribution >= 4 is 12.2 Å². The van der Waals surface area contributed by atoms with Crippen molar-refractivity contribution in [3.63, 3.8) is 0 Å². The number of rotatable bonds is 4. The van der Waals surface area contributed by atoms with E-state index < -0.39 is 6.09 Å². The van der Waals surface area contributed by atoms with Gasteiger partial charge < -0.3 is 10.8 Å². The quantitative estimate of drug-likeness (QED) is 0.790. The number of nitrogens with two attached hydrogens (primary N) is 1. The van der Waals surface area contributed by atoms with Gasteiger partial charge in [0.15, 0.2) is 0 Å². The maximum Gasteiger partial charge on any atom is 0.417 e. The highest BCUT2D eigenvalue weighted by molar-refractivity contribution is 5.72. The number of aryl methyl sites for hydroxylation is 1. The van der Waals surface area contributed by atoms with E-state index in [1.54, 1.807) is 0 Å². The van der Waals surface area contributed by atoms with Gasteiger partial charge in [0.2, 0.25) is 0 Å². The van der Waals surface area contributed by atoms with Crippen LogP contribution >= 0.6 is 0 Å². The van der Waals surface area contributed by atoms with Crippen molar-refractivity contribution in [1.82, 2.24) is 9.55 Å². The van der Waals surface area contributed by atoms with E-state index >= 15 is 0 Å². The summed E-state index contributed by atoms with van der Waals surface area (Å²) in [6, 6.07) is 0. The molecule has 0 saturated heterocycles. The number of hydrogen-bond donors (Lipinski definition) is 2. The molecule has 0 amide bonds. The molecular weight excluding hydrogens is 194 g/mol. The topological polar surface area (TPSA) is 81.1 Å². The molecule has 0 bridgehead atoms. The summed E-state index contributed by atoms with van der Waals surface area (Å²) in [4.78, 5) is 15.1. The number of nitrogens with zero attached hydrogens (tertiary/aromatic N) is 2. The minimum Gasteiger partial charge on any atom is -0.464 e. The van der Waals surface area contributed by atoms with E-state index in [0.717, 1.165) is 12.8 Å². The molecule has 82 valence electrons. The normalized spacial score (nSPS) is 11.0. The third-order valence-electron chi connectivity index (χ3n) is 2.07. The van der Waals surface area contributed by atoms with E-state index in [-0.39, 0.29) is 0 Å². The Morgan fingerprint density at radius 1 is 1.73 bits per heavy atom. The third kappa shape index (κ3) is 2.59. The van der Waals surface area contributed by atoms with Crippen LogP contribution in [-0.4, -0.2) is 20.8 Å². The fourth-order valence-corrected chi connectivity index (χ4v) is 1.35. The Labute approximate surface area is 88.2 Å². The molecule has 0 unspecified atom stereocenters. The highest BCUT2D eigenvalue weighted by Crippen LogP contribution is 2.09. The third-order valence-corrected chi connectivity index (χ3v) is 2.07. The predicted molar refractivity (Wildman–Crippen MR) is 57.5 cm³/mol. The second-order valence-electron chi connectivity index (χ2n) is 3.18. The molecular formula is C10H15N3O2. The van der Waals surface area contributed by atoms with Crippen LogP contribution in [0.4, 0.5) is 4.79 Å². The molecule has 0 aliphatic heterocycles. The van der Waals surface area contributed by atoms with Crippen LogP contribution in [0.5, 0.6) is 0 Å². The van der Waals surface area contributed by atoms with Crippen LogP contribution in [0.2, 0.25) is 0 Å². The molecule has 1 aromatic heterocycles. The average molecular weight is 209 g/mol. The lowest BCUT2D eigenvalue weighted by Gasteiger charge is -2.03. The van der Waals surface area contributed by atoms with Crippen molar-refractivity contribution in [3.8, 4) is 0 Å². The molecule has 0 aliphatic rings. The standard InChI is InChI=1S/C10H15N3O2/c1-2-3-4-9-12-7-8(5-6-11)13(9)10(14)15/h5-7H,2-4,11H2,1H3,(H,14,15). The number of aromatic nitrogens is 2. The summed E-state index contributed by atoms with van der Waals surface area (Å²) in [5, 5.41) is 9.01. The zero-order valence-corrected chi connectivity index (χ0v) is 8.68. The van der Waals surface area contributed by atoms with E-state index in [2.05, 4.69) is 11.9 Å². The van der Waals surface area contributed by atoms with Gasteiger partial charge in [-0.15, -0.1) is 0 Å². The van der Waals surface area contributed by atoms with E-state index in [0.29, 0.717) is 17.9 Å². The molecule has 1 aromatic rings. The number of hydrogen-bond acceptors (Lipinski definition) is 3. The molecule has 15 heavy (non-hydrogen) atoms. The zero-order valence-electron chi connectivity index (χ0n) is 8.68. The monoisotopic (exact) mass is 209 g/mol. The van der Waals surface area contributed by atoms with Gasteiger partial charge >= 0.3 is 6.09 Å². The summed E-state index contributed by atoms with van der Waals surface area (Å²) in [5.74, 6) is 0.567. The highest BCUT2D eigenvalue weighted by Gasteiger charge is 2.12. The van der Waals surface area contributed by atoms with Gasteiger partial charge in [-0.1, -0.05) is 13.3 Å². The van der Waals surface area contributed by atoms with Gasteiger partial charge in [0.05, 0.1) is 11.9 Å². The summed E-state index contributed by atoms with van der Waals surface area (Å²) in [5.41, 5.74) is 5.72. The van der Waals surface area contributed by atoms with E-state index in [1.165, 1.54) is 23.0 Å².